The van der Waals surface area contributed by atoms with Crippen LogP contribution in [0.3, 0.4) is 0 Å². The van der Waals surface area contributed by atoms with Crippen LogP contribution in [0.25, 0.3) is 0 Å². The van der Waals surface area contributed by atoms with Crippen molar-refractivity contribution in [3.8, 4) is 0 Å². The van der Waals surface area contributed by atoms with Crippen LogP contribution in [0.1, 0.15) is 46.3 Å². The summed E-state index contributed by atoms with van der Waals surface area (Å²) in [5.41, 5.74) is 0.0230. The molecule has 0 saturated carbocycles. The third kappa shape index (κ3) is 2.87. The van der Waals surface area contributed by atoms with Crippen LogP contribution in [-0.2, 0) is 11.8 Å². The minimum absolute atomic E-state index is 0.0230. The molecule has 2 heteroatoms. The molecule has 0 radical (unpaired) electrons. The fraction of sp³-hybridized carbons (Fsp3) is 0.727. The summed E-state index contributed by atoms with van der Waals surface area (Å²) >= 11 is 0. The normalized spacial score (nSPS) is 12.5. The summed E-state index contributed by atoms with van der Waals surface area (Å²) in [6, 6.07) is 0. The molecule has 0 aliphatic heterocycles. The highest BCUT2D eigenvalue weighted by atomic mass is 16.4. The molecule has 0 N–H and O–H groups in total. The van der Waals surface area contributed by atoms with Gasteiger partial charge in [-0.2, -0.15) is 0 Å². The molecule has 74 valence electrons. The summed E-state index contributed by atoms with van der Waals surface area (Å²) in [7, 11) is 0. The summed E-state index contributed by atoms with van der Waals surface area (Å²) in [5.74, 6) is 2.46. The van der Waals surface area contributed by atoms with Crippen LogP contribution >= 0.6 is 0 Å². The maximum atomic E-state index is 5.65. The number of nitrogens with zero attached hydrogens (tertiary/aromatic N) is 1. The lowest BCUT2D eigenvalue weighted by molar-refractivity contribution is 0.363. The third-order valence-corrected chi connectivity index (χ3v) is 1.80. The van der Waals surface area contributed by atoms with Crippen LogP contribution in [0.5, 0.6) is 0 Å². The Morgan fingerprint density at radius 1 is 1.38 bits per heavy atom. The molecule has 1 heterocycles. The van der Waals surface area contributed by atoms with Gasteiger partial charge in [-0.05, 0) is 5.92 Å². The molecular formula is C11H19NO. The molecule has 13 heavy (non-hydrogen) atoms. The molecule has 0 unspecified atom stereocenters. The van der Waals surface area contributed by atoms with Crippen molar-refractivity contribution in [3.63, 3.8) is 0 Å². The first kappa shape index (κ1) is 10.3. The van der Waals surface area contributed by atoms with E-state index < -0.39 is 0 Å². The zero-order valence-corrected chi connectivity index (χ0v) is 9.22. The Hall–Kier alpha value is -0.790. The molecule has 0 atom stereocenters. The van der Waals surface area contributed by atoms with Gasteiger partial charge in [0.2, 0.25) is 0 Å². The highest BCUT2D eigenvalue weighted by Gasteiger charge is 2.20. The Morgan fingerprint density at radius 2 is 2.00 bits per heavy atom. The van der Waals surface area contributed by atoms with E-state index in [0.29, 0.717) is 5.92 Å². The summed E-state index contributed by atoms with van der Waals surface area (Å²) < 4.78 is 5.65. The van der Waals surface area contributed by atoms with Crippen LogP contribution in [-0.4, -0.2) is 4.98 Å². The van der Waals surface area contributed by atoms with Gasteiger partial charge in [-0.15, -0.1) is 0 Å². The van der Waals surface area contributed by atoms with Crippen molar-refractivity contribution in [3.05, 3.63) is 17.8 Å². The van der Waals surface area contributed by atoms with Crippen LogP contribution in [0.2, 0.25) is 0 Å². The first-order valence-corrected chi connectivity index (χ1v) is 4.85. The molecule has 0 fully saturated rings. The molecule has 0 spiro atoms. The Labute approximate surface area is 80.4 Å². The Balaban J connectivity index is 2.75. The van der Waals surface area contributed by atoms with E-state index in [0.717, 1.165) is 18.1 Å². The molecule has 0 aliphatic carbocycles. The predicted octanol–water partition coefficient (Wildman–Crippen LogP) is 3.17. The van der Waals surface area contributed by atoms with Gasteiger partial charge in [0.1, 0.15) is 5.76 Å². The van der Waals surface area contributed by atoms with E-state index in [-0.39, 0.29) is 5.41 Å². The highest BCUT2D eigenvalue weighted by Crippen LogP contribution is 2.22. The van der Waals surface area contributed by atoms with Crippen LogP contribution in [0, 0.1) is 5.92 Å². The summed E-state index contributed by atoms with van der Waals surface area (Å²) in [6.45, 7) is 10.7. The van der Waals surface area contributed by atoms with Crippen molar-refractivity contribution in [2.75, 3.05) is 0 Å². The number of oxazole rings is 1. The van der Waals surface area contributed by atoms with Gasteiger partial charge in [-0.1, -0.05) is 34.6 Å². The van der Waals surface area contributed by atoms with Crippen molar-refractivity contribution in [2.45, 2.75) is 46.5 Å². The van der Waals surface area contributed by atoms with Gasteiger partial charge >= 0.3 is 0 Å². The predicted molar refractivity (Wildman–Crippen MR) is 53.7 cm³/mol. The van der Waals surface area contributed by atoms with Gasteiger partial charge in [0.15, 0.2) is 5.89 Å². The standard InChI is InChI=1S/C11H19NO/c1-8(2)6-9-7-12-10(13-9)11(3,4)5/h7-8H,6H2,1-5H3. The van der Waals surface area contributed by atoms with E-state index in [2.05, 4.69) is 39.6 Å². The second kappa shape index (κ2) is 3.52. The molecular weight excluding hydrogens is 162 g/mol. The minimum Gasteiger partial charge on any atom is -0.445 e. The minimum atomic E-state index is 0.0230. The van der Waals surface area contributed by atoms with Crippen molar-refractivity contribution in [1.82, 2.24) is 4.98 Å². The quantitative estimate of drug-likeness (QED) is 0.700. The third-order valence-electron chi connectivity index (χ3n) is 1.80. The second-order valence-electron chi connectivity index (χ2n) is 4.98. The first-order valence-electron chi connectivity index (χ1n) is 4.85. The Morgan fingerprint density at radius 3 is 2.38 bits per heavy atom. The largest absolute Gasteiger partial charge is 0.445 e. The molecule has 0 bridgehead atoms. The van der Waals surface area contributed by atoms with E-state index in [1.165, 1.54) is 0 Å². The van der Waals surface area contributed by atoms with Gasteiger partial charge in [0, 0.05) is 11.8 Å². The van der Waals surface area contributed by atoms with Gasteiger partial charge < -0.3 is 4.42 Å². The lowest BCUT2D eigenvalue weighted by atomic mass is 9.97. The SMILES string of the molecule is CC(C)Cc1cnc(C(C)(C)C)o1. The van der Waals surface area contributed by atoms with Gasteiger partial charge in [-0.3, -0.25) is 0 Å². The van der Waals surface area contributed by atoms with E-state index in [4.69, 9.17) is 4.42 Å². The molecule has 1 aromatic heterocycles. The van der Waals surface area contributed by atoms with Crippen LogP contribution < -0.4 is 0 Å². The van der Waals surface area contributed by atoms with Crippen LogP contribution in [0.4, 0.5) is 0 Å². The fourth-order valence-corrected chi connectivity index (χ4v) is 1.15. The number of rotatable bonds is 2. The Bertz CT molecular complexity index is 268. The van der Waals surface area contributed by atoms with Crippen molar-refractivity contribution in [1.29, 1.82) is 0 Å². The molecule has 1 aromatic rings. The highest BCUT2D eigenvalue weighted by molar-refractivity contribution is 5.02. The van der Waals surface area contributed by atoms with Gasteiger partial charge in [-0.25, -0.2) is 4.98 Å². The second-order valence-corrected chi connectivity index (χ2v) is 4.98. The van der Waals surface area contributed by atoms with E-state index in [1.807, 2.05) is 6.20 Å². The summed E-state index contributed by atoms with van der Waals surface area (Å²) in [5, 5.41) is 0. The number of hydrogen-bond acceptors (Lipinski definition) is 2. The average Bonchev–Trinajstić information content (AvgIpc) is 2.32. The maximum absolute atomic E-state index is 5.65. The maximum Gasteiger partial charge on any atom is 0.199 e. The van der Waals surface area contributed by atoms with Crippen molar-refractivity contribution >= 4 is 0 Å². The number of hydrogen-bond donors (Lipinski definition) is 0. The van der Waals surface area contributed by atoms with E-state index in [9.17, 15) is 0 Å². The average molecular weight is 181 g/mol. The topological polar surface area (TPSA) is 26.0 Å². The molecule has 0 saturated heterocycles. The molecule has 0 aromatic carbocycles. The molecule has 0 aliphatic rings. The zero-order valence-electron chi connectivity index (χ0n) is 9.22. The zero-order chi connectivity index (χ0) is 10.1. The smallest absolute Gasteiger partial charge is 0.199 e. The van der Waals surface area contributed by atoms with E-state index in [1.54, 1.807) is 0 Å². The molecule has 0 amide bonds. The molecule has 1 rings (SSSR count). The lowest BCUT2D eigenvalue weighted by Crippen LogP contribution is -2.11. The first-order chi connectivity index (χ1) is 5.89. The lowest BCUT2D eigenvalue weighted by Gasteiger charge is -2.12. The monoisotopic (exact) mass is 181 g/mol. The summed E-state index contributed by atoms with van der Waals surface area (Å²) in [6.07, 6.45) is 2.82. The number of aromatic nitrogens is 1. The van der Waals surface area contributed by atoms with Gasteiger partial charge in [0.05, 0.1) is 6.20 Å². The summed E-state index contributed by atoms with van der Waals surface area (Å²) in [4.78, 5) is 4.27. The van der Waals surface area contributed by atoms with Crippen molar-refractivity contribution < 1.29 is 4.42 Å². The van der Waals surface area contributed by atoms with E-state index >= 15 is 0 Å². The van der Waals surface area contributed by atoms with Crippen molar-refractivity contribution in [2.24, 2.45) is 5.92 Å². The van der Waals surface area contributed by atoms with Crippen LogP contribution in [0.15, 0.2) is 10.6 Å². The fourth-order valence-electron chi connectivity index (χ4n) is 1.15. The van der Waals surface area contributed by atoms with Gasteiger partial charge in [0.25, 0.3) is 0 Å². The molecule has 2 nitrogen and oxygen atoms in total. The Kier molecular flexibility index (Phi) is 2.79.